The molecule has 0 aliphatic carbocycles. The third-order valence-electron chi connectivity index (χ3n) is 1.96. The highest BCUT2D eigenvalue weighted by Crippen LogP contribution is 2.21. The summed E-state index contributed by atoms with van der Waals surface area (Å²) < 4.78 is 37.7. The number of hydrogen-bond donors (Lipinski definition) is 1. The SMILES string of the molecule is CC(CC(F)(F)F)NCCn1ccnc1. The first-order chi connectivity index (χ1) is 6.97. The Morgan fingerprint density at radius 3 is 2.73 bits per heavy atom. The minimum absolute atomic E-state index is 0.508. The van der Waals surface area contributed by atoms with E-state index in [1.165, 1.54) is 6.92 Å². The van der Waals surface area contributed by atoms with Crippen LogP contribution in [0.3, 0.4) is 0 Å². The van der Waals surface area contributed by atoms with Gasteiger partial charge in [-0.2, -0.15) is 13.2 Å². The third-order valence-corrected chi connectivity index (χ3v) is 1.96. The van der Waals surface area contributed by atoms with Crippen molar-refractivity contribution >= 4 is 0 Å². The average molecular weight is 221 g/mol. The number of imidazole rings is 1. The molecular weight excluding hydrogens is 207 g/mol. The number of aromatic nitrogens is 2. The van der Waals surface area contributed by atoms with Crippen LogP contribution in [0.5, 0.6) is 0 Å². The maximum Gasteiger partial charge on any atom is 0.390 e. The summed E-state index contributed by atoms with van der Waals surface area (Å²) in [5.74, 6) is 0. The number of nitrogens with zero attached hydrogens (tertiary/aromatic N) is 2. The highest BCUT2D eigenvalue weighted by molar-refractivity contribution is 4.74. The summed E-state index contributed by atoms with van der Waals surface area (Å²) in [4.78, 5) is 3.83. The molecule has 15 heavy (non-hydrogen) atoms. The highest BCUT2D eigenvalue weighted by Gasteiger charge is 2.29. The summed E-state index contributed by atoms with van der Waals surface area (Å²) in [6, 6.07) is -0.548. The van der Waals surface area contributed by atoms with Gasteiger partial charge in [-0.15, -0.1) is 0 Å². The molecule has 0 aromatic carbocycles. The standard InChI is InChI=1S/C9H14F3N3/c1-8(6-9(10,11)12)14-3-5-15-4-2-13-7-15/h2,4,7-8,14H,3,5-6H2,1H3. The summed E-state index contributed by atoms with van der Waals surface area (Å²) in [5.41, 5.74) is 0. The first kappa shape index (κ1) is 12.0. The summed E-state index contributed by atoms with van der Waals surface area (Å²) in [7, 11) is 0. The van der Waals surface area contributed by atoms with Crippen molar-refractivity contribution in [3.63, 3.8) is 0 Å². The zero-order chi connectivity index (χ0) is 11.3. The number of halogens is 3. The predicted molar refractivity (Wildman–Crippen MR) is 50.4 cm³/mol. The Balaban J connectivity index is 2.15. The lowest BCUT2D eigenvalue weighted by Gasteiger charge is -2.15. The van der Waals surface area contributed by atoms with Gasteiger partial charge >= 0.3 is 6.18 Å². The van der Waals surface area contributed by atoms with Gasteiger partial charge in [0.25, 0.3) is 0 Å². The van der Waals surface area contributed by atoms with Crippen LogP contribution >= 0.6 is 0 Å². The first-order valence-electron chi connectivity index (χ1n) is 4.73. The second-order valence-corrected chi connectivity index (χ2v) is 3.47. The van der Waals surface area contributed by atoms with E-state index >= 15 is 0 Å². The van der Waals surface area contributed by atoms with E-state index in [1.807, 2.05) is 4.57 Å². The second kappa shape index (κ2) is 5.16. The fourth-order valence-corrected chi connectivity index (χ4v) is 1.28. The molecule has 1 unspecified atom stereocenters. The van der Waals surface area contributed by atoms with Gasteiger partial charge in [0.05, 0.1) is 12.7 Å². The summed E-state index contributed by atoms with van der Waals surface area (Å²) in [5, 5.41) is 2.81. The van der Waals surface area contributed by atoms with E-state index in [4.69, 9.17) is 0 Å². The molecule has 0 aliphatic rings. The van der Waals surface area contributed by atoms with Gasteiger partial charge in [0.15, 0.2) is 0 Å². The quantitative estimate of drug-likeness (QED) is 0.821. The van der Waals surface area contributed by atoms with Gasteiger partial charge in [0, 0.05) is 31.5 Å². The molecule has 0 saturated carbocycles. The molecule has 86 valence electrons. The van der Waals surface area contributed by atoms with Crippen molar-refractivity contribution in [3.8, 4) is 0 Å². The van der Waals surface area contributed by atoms with Gasteiger partial charge in [0.1, 0.15) is 0 Å². The molecule has 6 heteroatoms. The number of hydrogen-bond acceptors (Lipinski definition) is 2. The fourth-order valence-electron chi connectivity index (χ4n) is 1.28. The molecule has 1 heterocycles. The van der Waals surface area contributed by atoms with Crippen LogP contribution in [0.25, 0.3) is 0 Å². The summed E-state index contributed by atoms with van der Waals surface area (Å²) >= 11 is 0. The van der Waals surface area contributed by atoms with E-state index < -0.39 is 18.6 Å². The van der Waals surface area contributed by atoms with Crippen LogP contribution in [0.15, 0.2) is 18.7 Å². The molecule has 1 rings (SSSR count). The van der Waals surface area contributed by atoms with E-state index in [0.717, 1.165) is 0 Å². The molecule has 0 aliphatic heterocycles. The molecule has 0 spiro atoms. The normalized spacial score (nSPS) is 14.1. The maximum absolute atomic E-state index is 12.0. The van der Waals surface area contributed by atoms with Crippen molar-refractivity contribution < 1.29 is 13.2 Å². The van der Waals surface area contributed by atoms with Crippen molar-refractivity contribution in [1.29, 1.82) is 0 Å². The Kier molecular flexibility index (Phi) is 4.14. The topological polar surface area (TPSA) is 29.9 Å². The monoisotopic (exact) mass is 221 g/mol. The minimum Gasteiger partial charge on any atom is -0.336 e. The van der Waals surface area contributed by atoms with Crippen molar-refractivity contribution in [3.05, 3.63) is 18.7 Å². The van der Waals surface area contributed by atoms with Crippen LogP contribution in [-0.2, 0) is 6.54 Å². The van der Waals surface area contributed by atoms with Crippen molar-refractivity contribution in [2.24, 2.45) is 0 Å². The van der Waals surface area contributed by atoms with Crippen LogP contribution in [0.2, 0.25) is 0 Å². The Bertz CT molecular complexity index is 269. The molecule has 3 nitrogen and oxygen atoms in total. The van der Waals surface area contributed by atoms with E-state index in [1.54, 1.807) is 18.7 Å². The van der Waals surface area contributed by atoms with E-state index in [9.17, 15) is 13.2 Å². The van der Waals surface area contributed by atoms with Crippen LogP contribution in [0.4, 0.5) is 13.2 Å². The number of nitrogens with one attached hydrogen (secondary N) is 1. The largest absolute Gasteiger partial charge is 0.390 e. The van der Waals surface area contributed by atoms with Gasteiger partial charge in [-0.25, -0.2) is 4.98 Å². The Morgan fingerprint density at radius 1 is 1.47 bits per heavy atom. The van der Waals surface area contributed by atoms with Crippen molar-refractivity contribution in [2.45, 2.75) is 32.1 Å². The van der Waals surface area contributed by atoms with Gasteiger partial charge < -0.3 is 9.88 Å². The Hall–Kier alpha value is -1.04. The first-order valence-corrected chi connectivity index (χ1v) is 4.73. The van der Waals surface area contributed by atoms with E-state index in [0.29, 0.717) is 13.1 Å². The Morgan fingerprint density at radius 2 is 2.20 bits per heavy atom. The highest BCUT2D eigenvalue weighted by atomic mass is 19.4. The molecular formula is C9H14F3N3. The summed E-state index contributed by atoms with van der Waals surface area (Å²) in [6.45, 7) is 2.66. The maximum atomic E-state index is 12.0. The zero-order valence-electron chi connectivity index (χ0n) is 8.46. The number of alkyl halides is 3. The fraction of sp³-hybridized carbons (Fsp3) is 0.667. The lowest BCUT2D eigenvalue weighted by molar-refractivity contribution is -0.139. The van der Waals surface area contributed by atoms with Gasteiger partial charge in [-0.1, -0.05) is 0 Å². The van der Waals surface area contributed by atoms with Crippen molar-refractivity contribution in [1.82, 2.24) is 14.9 Å². The molecule has 0 amide bonds. The lowest BCUT2D eigenvalue weighted by atomic mass is 10.2. The molecule has 1 aromatic rings. The van der Waals surface area contributed by atoms with Crippen LogP contribution in [-0.4, -0.2) is 28.3 Å². The van der Waals surface area contributed by atoms with E-state index in [-0.39, 0.29) is 0 Å². The second-order valence-electron chi connectivity index (χ2n) is 3.47. The van der Waals surface area contributed by atoms with Crippen LogP contribution in [0, 0.1) is 0 Å². The van der Waals surface area contributed by atoms with Gasteiger partial charge in [-0.05, 0) is 6.92 Å². The van der Waals surface area contributed by atoms with Crippen molar-refractivity contribution in [2.75, 3.05) is 6.54 Å². The lowest BCUT2D eigenvalue weighted by Crippen LogP contribution is -2.33. The molecule has 0 fully saturated rings. The minimum atomic E-state index is -4.10. The third kappa shape index (κ3) is 5.41. The molecule has 0 radical (unpaired) electrons. The predicted octanol–water partition coefficient (Wildman–Crippen LogP) is 1.81. The average Bonchev–Trinajstić information content (AvgIpc) is 2.53. The molecule has 1 aromatic heterocycles. The zero-order valence-corrected chi connectivity index (χ0v) is 8.46. The molecule has 0 bridgehead atoms. The van der Waals surface area contributed by atoms with E-state index in [2.05, 4.69) is 10.3 Å². The molecule has 1 atom stereocenters. The molecule has 1 N–H and O–H groups in total. The number of rotatable bonds is 5. The smallest absolute Gasteiger partial charge is 0.336 e. The van der Waals surface area contributed by atoms with Crippen LogP contribution in [0.1, 0.15) is 13.3 Å². The molecule has 0 saturated heterocycles. The summed E-state index contributed by atoms with van der Waals surface area (Å²) in [6.07, 6.45) is 0.156. The van der Waals surface area contributed by atoms with Crippen LogP contribution < -0.4 is 5.32 Å². The van der Waals surface area contributed by atoms with Gasteiger partial charge in [-0.3, -0.25) is 0 Å². The van der Waals surface area contributed by atoms with Gasteiger partial charge in [0.2, 0.25) is 0 Å². The Labute approximate surface area is 86.3 Å².